The Kier molecular flexibility index (Phi) is 3.85. The van der Waals surface area contributed by atoms with Gasteiger partial charge < -0.3 is 15.2 Å². The molecule has 0 radical (unpaired) electrons. The van der Waals surface area contributed by atoms with Gasteiger partial charge in [-0.15, -0.1) is 0 Å². The number of nitrogens with zero attached hydrogens (tertiary/aromatic N) is 3. The number of hydrogen-bond donors (Lipinski definition) is 1. The normalized spacial score (nSPS) is 11.1. The van der Waals surface area contributed by atoms with E-state index in [2.05, 4.69) is 15.0 Å². The molecule has 0 amide bonds. The van der Waals surface area contributed by atoms with Gasteiger partial charge in [-0.25, -0.2) is 0 Å². The summed E-state index contributed by atoms with van der Waals surface area (Å²) in [6.45, 7) is 1.48. The van der Waals surface area contributed by atoms with Gasteiger partial charge in [-0.2, -0.15) is 4.98 Å². The summed E-state index contributed by atoms with van der Waals surface area (Å²) in [4.78, 5) is 6.26. The summed E-state index contributed by atoms with van der Waals surface area (Å²) in [5, 5.41) is 3.80. The fourth-order valence-corrected chi connectivity index (χ4v) is 0.942. The molecule has 0 spiro atoms. The molecule has 1 rings (SSSR count). The van der Waals surface area contributed by atoms with Gasteiger partial charge in [0.15, 0.2) is 5.82 Å². The molecule has 1 aromatic heterocycles. The lowest BCUT2D eigenvalue weighted by Gasteiger charge is -2.05. The third-order valence-electron chi connectivity index (χ3n) is 1.65. The van der Waals surface area contributed by atoms with E-state index < -0.39 is 0 Å². The highest BCUT2D eigenvalue weighted by molar-refractivity contribution is 4.87. The summed E-state index contributed by atoms with van der Waals surface area (Å²) >= 11 is 0. The van der Waals surface area contributed by atoms with Crippen molar-refractivity contribution in [3.05, 3.63) is 11.7 Å². The quantitative estimate of drug-likeness (QED) is 0.679. The molecule has 0 saturated carbocycles. The number of aromatic nitrogens is 2. The van der Waals surface area contributed by atoms with Crippen LogP contribution in [0.1, 0.15) is 11.7 Å². The highest BCUT2D eigenvalue weighted by Crippen LogP contribution is 1.98. The molecule has 0 atom stereocenters. The largest absolute Gasteiger partial charge is 0.339 e. The van der Waals surface area contributed by atoms with Crippen LogP contribution in [0.15, 0.2) is 4.52 Å². The van der Waals surface area contributed by atoms with E-state index in [1.165, 1.54) is 0 Å². The lowest BCUT2D eigenvalue weighted by atomic mass is 10.4. The Bertz CT molecular complexity index is 246. The number of hydrogen-bond acceptors (Lipinski definition) is 5. The molecule has 5 nitrogen and oxygen atoms in total. The molecule has 2 N–H and O–H groups in total. The van der Waals surface area contributed by atoms with Gasteiger partial charge in [-0.1, -0.05) is 5.16 Å². The van der Waals surface area contributed by atoms with Crippen molar-refractivity contribution >= 4 is 0 Å². The van der Waals surface area contributed by atoms with Crippen LogP contribution in [0.5, 0.6) is 0 Å². The Labute approximate surface area is 77.9 Å². The van der Waals surface area contributed by atoms with E-state index >= 15 is 0 Å². The van der Waals surface area contributed by atoms with Crippen LogP contribution in [0.25, 0.3) is 0 Å². The second-order valence-corrected chi connectivity index (χ2v) is 3.20. The highest BCUT2D eigenvalue weighted by Gasteiger charge is 2.04. The van der Waals surface area contributed by atoms with Gasteiger partial charge >= 0.3 is 0 Å². The molecular weight excluding hydrogens is 168 g/mol. The Morgan fingerprint density at radius 1 is 1.38 bits per heavy atom. The van der Waals surface area contributed by atoms with E-state index in [-0.39, 0.29) is 0 Å². The predicted octanol–water partition coefficient (Wildman–Crippen LogP) is -0.325. The molecule has 1 heterocycles. The number of rotatable bonds is 5. The second kappa shape index (κ2) is 4.94. The van der Waals surface area contributed by atoms with Crippen LogP contribution in [0.4, 0.5) is 0 Å². The number of likely N-dealkylation sites (N-methyl/N-ethyl adjacent to an activating group) is 1. The van der Waals surface area contributed by atoms with E-state index in [1.54, 1.807) is 0 Å². The van der Waals surface area contributed by atoms with Crippen LogP contribution in [-0.4, -0.2) is 42.2 Å². The lowest BCUT2D eigenvalue weighted by Crippen LogP contribution is -2.15. The smallest absolute Gasteiger partial charge is 0.227 e. The summed E-state index contributed by atoms with van der Waals surface area (Å²) in [6, 6.07) is 0. The van der Waals surface area contributed by atoms with Crippen molar-refractivity contribution in [2.75, 3.05) is 27.2 Å². The Balaban J connectivity index is 2.39. The average molecular weight is 184 g/mol. The van der Waals surface area contributed by atoms with E-state index in [4.69, 9.17) is 10.3 Å². The predicted molar refractivity (Wildman–Crippen MR) is 49.3 cm³/mol. The third kappa shape index (κ3) is 3.52. The van der Waals surface area contributed by atoms with Crippen LogP contribution in [0.2, 0.25) is 0 Å². The van der Waals surface area contributed by atoms with Gasteiger partial charge in [0.2, 0.25) is 5.89 Å². The average Bonchev–Trinajstić information content (AvgIpc) is 2.50. The minimum Gasteiger partial charge on any atom is -0.339 e. The minimum atomic E-state index is 0.562. The van der Waals surface area contributed by atoms with Crippen molar-refractivity contribution in [1.82, 2.24) is 15.0 Å². The zero-order valence-corrected chi connectivity index (χ0v) is 8.16. The fourth-order valence-electron chi connectivity index (χ4n) is 0.942. The first-order valence-electron chi connectivity index (χ1n) is 4.38. The van der Waals surface area contributed by atoms with Crippen LogP contribution in [0.3, 0.4) is 0 Å². The molecule has 5 heteroatoms. The van der Waals surface area contributed by atoms with Gasteiger partial charge in [-0.3, -0.25) is 0 Å². The molecule has 0 bridgehead atoms. The summed E-state index contributed by atoms with van der Waals surface area (Å²) in [7, 11) is 4.02. The topological polar surface area (TPSA) is 68.2 Å². The molecule has 1 aromatic rings. The van der Waals surface area contributed by atoms with Crippen molar-refractivity contribution in [2.45, 2.75) is 12.8 Å². The van der Waals surface area contributed by atoms with Crippen LogP contribution in [-0.2, 0) is 12.8 Å². The van der Waals surface area contributed by atoms with Crippen molar-refractivity contribution in [3.63, 3.8) is 0 Å². The van der Waals surface area contributed by atoms with Gasteiger partial charge in [0.05, 0.1) is 0 Å². The molecule has 74 valence electrons. The maximum atomic E-state index is 5.36. The van der Waals surface area contributed by atoms with Crippen LogP contribution >= 0.6 is 0 Å². The van der Waals surface area contributed by atoms with E-state index in [0.717, 1.165) is 13.0 Å². The summed E-state index contributed by atoms with van der Waals surface area (Å²) in [5.41, 5.74) is 5.36. The first-order valence-corrected chi connectivity index (χ1v) is 4.38. The molecule has 0 aromatic carbocycles. The molecule has 0 aliphatic rings. The Morgan fingerprint density at radius 2 is 2.15 bits per heavy atom. The van der Waals surface area contributed by atoms with Crippen molar-refractivity contribution in [1.29, 1.82) is 0 Å². The van der Waals surface area contributed by atoms with Crippen LogP contribution in [0, 0.1) is 0 Å². The monoisotopic (exact) mass is 184 g/mol. The maximum absolute atomic E-state index is 5.36. The van der Waals surface area contributed by atoms with E-state index in [9.17, 15) is 0 Å². The van der Waals surface area contributed by atoms with Crippen LogP contribution < -0.4 is 5.73 Å². The van der Waals surface area contributed by atoms with Gasteiger partial charge in [0, 0.05) is 19.4 Å². The molecule has 0 saturated heterocycles. The molecule has 0 aliphatic heterocycles. The summed E-state index contributed by atoms with van der Waals surface area (Å²) in [6.07, 6.45) is 1.48. The zero-order chi connectivity index (χ0) is 9.68. The van der Waals surface area contributed by atoms with Crippen molar-refractivity contribution in [3.8, 4) is 0 Å². The zero-order valence-electron chi connectivity index (χ0n) is 8.16. The first-order chi connectivity index (χ1) is 6.22. The summed E-state index contributed by atoms with van der Waals surface area (Å²) in [5.74, 6) is 1.40. The third-order valence-corrected chi connectivity index (χ3v) is 1.65. The minimum absolute atomic E-state index is 0.562. The second-order valence-electron chi connectivity index (χ2n) is 3.20. The first kappa shape index (κ1) is 10.1. The van der Waals surface area contributed by atoms with Gasteiger partial charge in [0.25, 0.3) is 0 Å². The standard InChI is InChI=1S/C8H16N4O/c1-12(2)6-4-8-10-7(3-5-9)11-13-8/h3-6,9H2,1-2H3. The fraction of sp³-hybridized carbons (Fsp3) is 0.750. The SMILES string of the molecule is CN(C)CCc1nc(CCN)no1. The lowest BCUT2D eigenvalue weighted by molar-refractivity contribution is 0.342. The molecular formula is C8H16N4O. The van der Waals surface area contributed by atoms with Crippen molar-refractivity contribution < 1.29 is 4.52 Å². The Hall–Kier alpha value is -0.940. The van der Waals surface area contributed by atoms with Gasteiger partial charge in [0.1, 0.15) is 0 Å². The number of nitrogens with two attached hydrogens (primary N) is 1. The maximum Gasteiger partial charge on any atom is 0.227 e. The van der Waals surface area contributed by atoms with E-state index in [0.29, 0.717) is 24.7 Å². The Morgan fingerprint density at radius 3 is 2.77 bits per heavy atom. The highest BCUT2D eigenvalue weighted by atomic mass is 16.5. The molecule has 0 aliphatic carbocycles. The molecule has 0 fully saturated rings. The van der Waals surface area contributed by atoms with Gasteiger partial charge in [-0.05, 0) is 20.6 Å². The van der Waals surface area contributed by atoms with Crippen molar-refractivity contribution in [2.24, 2.45) is 5.73 Å². The molecule has 13 heavy (non-hydrogen) atoms. The van der Waals surface area contributed by atoms with E-state index in [1.807, 2.05) is 14.1 Å². The molecule has 0 unspecified atom stereocenters. The summed E-state index contributed by atoms with van der Waals surface area (Å²) < 4.78 is 5.02.